The van der Waals surface area contributed by atoms with Gasteiger partial charge in [-0.3, -0.25) is 0 Å². The van der Waals surface area contributed by atoms with Crippen LogP contribution in [0.5, 0.6) is 11.5 Å². The molecule has 0 atom stereocenters. The van der Waals surface area contributed by atoms with Gasteiger partial charge in [-0.15, -0.1) is 0 Å². The van der Waals surface area contributed by atoms with Crippen LogP contribution in [0.15, 0.2) is 17.3 Å². The Hall–Kier alpha value is -1.71. The molecule has 0 spiro atoms. The van der Waals surface area contributed by atoms with Crippen molar-refractivity contribution in [1.82, 2.24) is 0 Å². The summed E-state index contributed by atoms with van der Waals surface area (Å²) in [5, 5.41) is 11.7. The minimum absolute atomic E-state index is 0.0960. The standard InChI is InChI=1S/C12H17NO3/c1-8-5-12(16-4)10(6-9(2)13-14)7-11(8)15-3/h5,7,14H,6H2,1-4H3/i1D3,3D3,4D3. The van der Waals surface area contributed by atoms with Crippen LogP contribution in [0.2, 0.25) is 0 Å². The van der Waals surface area contributed by atoms with Gasteiger partial charge in [0.1, 0.15) is 11.5 Å². The molecule has 88 valence electrons. The van der Waals surface area contributed by atoms with Gasteiger partial charge in [-0.2, -0.15) is 0 Å². The molecule has 4 nitrogen and oxygen atoms in total. The first kappa shape index (κ1) is 4.65. The summed E-state index contributed by atoms with van der Waals surface area (Å²) in [4.78, 5) is 0. The molecule has 0 bridgehead atoms. The number of hydrogen-bond acceptors (Lipinski definition) is 4. The van der Waals surface area contributed by atoms with Crippen molar-refractivity contribution < 1.29 is 27.0 Å². The molecule has 0 aliphatic heterocycles. The average Bonchev–Trinajstić information content (AvgIpc) is 2.36. The van der Waals surface area contributed by atoms with Crippen molar-refractivity contribution in [2.75, 3.05) is 14.1 Å². The van der Waals surface area contributed by atoms with E-state index in [1.54, 1.807) is 0 Å². The summed E-state index contributed by atoms with van der Waals surface area (Å²) in [5.41, 5.74) is -0.249. The molecule has 1 aromatic carbocycles. The second-order valence-electron chi connectivity index (χ2n) is 3.17. The number of methoxy groups -OCH3 is 2. The molecule has 0 saturated heterocycles. The number of hydrogen-bond donors (Lipinski definition) is 1. The van der Waals surface area contributed by atoms with Crippen molar-refractivity contribution in [3.63, 3.8) is 0 Å². The fourth-order valence-corrected chi connectivity index (χ4v) is 1.23. The van der Waals surface area contributed by atoms with Gasteiger partial charge in [0.05, 0.1) is 28.0 Å². The highest BCUT2D eigenvalue weighted by molar-refractivity contribution is 5.84. The molecule has 0 unspecified atom stereocenters. The van der Waals surface area contributed by atoms with E-state index in [2.05, 4.69) is 5.16 Å². The van der Waals surface area contributed by atoms with Gasteiger partial charge in [0.2, 0.25) is 0 Å². The van der Waals surface area contributed by atoms with E-state index < -0.39 is 32.2 Å². The van der Waals surface area contributed by atoms with Crippen LogP contribution < -0.4 is 9.47 Å². The molecule has 0 aliphatic rings. The molecule has 1 rings (SSSR count). The van der Waals surface area contributed by atoms with E-state index in [4.69, 9.17) is 27.0 Å². The van der Waals surface area contributed by atoms with Crippen LogP contribution in [-0.4, -0.2) is 25.0 Å². The third-order valence-corrected chi connectivity index (χ3v) is 2.00. The quantitative estimate of drug-likeness (QED) is 0.492. The van der Waals surface area contributed by atoms with Crippen molar-refractivity contribution in [2.45, 2.75) is 20.2 Å². The normalized spacial score (nSPS) is 22.1. The Bertz CT molecular complexity index is 647. The summed E-state index contributed by atoms with van der Waals surface area (Å²) in [6.07, 6.45) is -0.111. The molecule has 4 heteroatoms. The van der Waals surface area contributed by atoms with Gasteiger partial charge in [0.25, 0.3) is 0 Å². The molecule has 0 aromatic heterocycles. The van der Waals surface area contributed by atoms with E-state index >= 15 is 0 Å². The van der Waals surface area contributed by atoms with Crippen LogP contribution >= 0.6 is 0 Å². The lowest BCUT2D eigenvalue weighted by molar-refractivity contribution is 0.317. The Morgan fingerprint density at radius 1 is 1.38 bits per heavy atom. The van der Waals surface area contributed by atoms with Crippen molar-refractivity contribution >= 4 is 5.71 Å². The minimum atomic E-state index is -2.91. The maximum atomic E-state index is 8.78. The number of aryl methyl sites for hydroxylation is 1. The molecular formula is C12H17NO3. The average molecular weight is 232 g/mol. The largest absolute Gasteiger partial charge is 0.496 e. The van der Waals surface area contributed by atoms with Crippen molar-refractivity contribution in [3.05, 3.63) is 23.3 Å². The van der Waals surface area contributed by atoms with E-state index in [9.17, 15) is 0 Å². The first-order valence-electron chi connectivity index (χ1n) is 8.85. The van der Waals surface area contributed by atoms with Crippen molar-refractivity contribution in [2.24, 2.45) is 5.16 Å². The Labute approximate surface area is 108 Å². The predicted molar refractivity (Wildman–Crippen MR) is 62.9 cm³/mol. The van der Waals surface area contributed by atoms with E-state index in [1.165, 1.54) is 6.92 Å². The summed E-state index contributed by atoms with van der Waals surface area (Å²) in [5.74, 6) is -0.759. The van der Waals surface area contributed by atoms with Gasteiger partial charge in [0, 0.05) is 16.1 Å². The molecule has 0 heterocycles. The van der Waals surface area contributed by atoms with Crippen molar-refractivity contribution in [1.29, 1.82) is 0 Å². The topological polar surface area (TPSA) is 51.0 Å². The summed E-state index contributed by atoms with van der Waals surface area (Å²) >= 11 is 0. The molecule has 0 aliphatic carbocycles. The Kier molecular flexibility index (Phi) is 1.57. The Morgan fingerprint density at radius 2 is 2.12 bits per heavy atom. The highest BCUT2D eigenvalue weighted by Crippen LogP contribution is 2.28. The van der Waals surface area contributed by atoms with Gasteiger partial charge in [-0.25, -0.2) is 0 Å². The zero-order valence-corrected chi connectivity index (χ0v) is 8.57. The maximum Gasteiger partial charge on any atom is 0.122 e. The van der Waals surface area contributed by atoms with Crippen LogP contribution in [0.25, 0.3) is 0 Å². The zero-order valence-electron chi connectivity index (χ0n) is 17.6. The maximum absolute atomic E-state index is 8.78. The first-order chi connectivity index (χ1) is 11.1. The first-order valence-corrected chi connectivity index (χ1v) is 4.35. The summed E-state index contributed by atoms with van der Waals surface area (Å²) < 4.78 is 75.1. The van der Waals surface area contributed by atoms with Crippen LogP contribution in [-0.2, 0) is 6.42 Å². The molecule has 0 amide bonds. The smallest absolute Gasteiger partial charge is 0.122 e. The molecule has 1 aromatic rings. The lowest BCUT2D eigenvalue weighted by atomic mass is 10.0. The van der Waals surface area contributed by atoms with Crippen LogP contribution in [0.1, 0.15) is 30.4 Å². The zero-order chi connectivity index (χ0) is 19.6. The SMILES string of the molecule is [2H]C([2H])([2H])Oc1cc(C([2H])([2H])[2H])c(OC([2H])([2H])[2H])cc1CC(C)=NO. The molecule has 0 fully saturated rings. The minimum Gasteiger partial charge on any atom is -0.496 e. The molecule has 0 saturated carbocycles. The number of oxime groups is 1. The molecule has 16 heavy (non-hydrogen) atoms. The fourth-order valence-electron chi connectivity index (χ4n) is 1.23. The lowest BCUT2D eigenvalue weighted by Crippen LogP contribution is -2.02. The summed E-state index contributed by atoms with van der Waals surface area (Å²) in [7, 11) is -5.78. The second kappa shape index (κ2) is 5.39. The van der Waals surface area contributed by atoms with Gasteiger partial charge in [0.15, 0.2) is 0 Å². The lowest BCUT2D eigenvalue weighted by Gasteiger charge is -2.12. The molecule has 0 radical (unpaired) electrons. The second-order valence-corrected chi connectivity index (χ2v) is 3.17. The van der Waals surface area contributed by atoms with E-state index in [0.717, 1.165) is 12.1 Å². The van der Waals surface area contributed by atoms with E-state index in [0.29, 0.717) is 0 Å². The third-order valence-electron chi connectivity index (χ3n) is 2.00. The highest BCUT2D eigenvalue weighted by Gasteiger charge is 2.09. The predicted octanol–water partition coefficient (Wildman–Crippen LogP) is 2.40. The number of benzene rings is 1. The van der Waals surface area contributed by atoms with Gasteiger partial charge in [-0.05, 0) is 31.5 Å². The number of nitrogens with zero attached hydrogens (tertiary/aromatic N) is 1. The molecular weight excluding hydrogens is 206 g/mol. The van der Waals surface area contributed by atoms with Crippen LogP contribution in [0.3, 0.4) is 0 Å². The van der Waals surface area contributed by atoms with Crippen LogP contribution in [0, 0.1) is 6.85 Å². The van der Waals surface area contributed by atoms with Gasteiger partial charge < -0.3 is 14.7 Å². The van der Waals surface area contributed by atoms with Crippen molar-refractivity contribution in [3.8, 4) is 11.5 Å². The fraction of sp³-hybridized carbons (Fsp3) is 0.417. The summed E-state index contributed by atoms with van der Waals surface area (Å²) in [6.45, 7) is -1.34. The number of ether oxygens (including phenoxy) is 2. The van der Waals surface area contributed by atoms with Gasteiger partial charge in [-0.1, -0.05) is 5.16 Å². The third kappa shape index (κ3) is 2.66. The monoisotopic (exact) mass is 232 g/mol. The number of rotatable bonds is 4. The Balaban J connectivity index is 3.58. The van der Waals surface area contributed by atoms with E-state index in [-0.39, 0.29) is 23.4 Å². The Morgan fingerprint density at radius 3 is 2.75 bits per heavy atom. The van der Waals surface area contributed by atoms with Gasteiger partial charge >= 0.3 is 0 Å². The summed E-state index contributed by atoms with van der Waals surface area (Å²) in [6, 6.07) is 1.96. The van der Waals surface area contributed by atoms with E-state index in [1.807, 2.05) is 0 Å². The van der Waals surface area contributed by atoms with Crippen LogP contribution in [0.4, 0.5) is 0 Å². The molecule has 1 N–H and O–H groups in total. The highest BCUT2D eigenvalue weighted by atomic mass is 16.5.